The van der Waals surface area contributed by atoms with Gasteiger partial charge in [-0.15, -0.1) is 0 Å². The first kappa shape index (κ1) is 14.1. The molecule has 0 amide bonds. The molecule has 2 rings (SSSR count). The monoisotopic (exact) mass is 266 g/mol. The molecule has 1 N–H and O–H groups in total. The molecule has 20 heavy (non-hydrogen) atoms. The number of hydrogen-bond donors (Lipinski definition) is 1. The molecule has 0 bridgehead atoms. The van der Waals surface area contributed by atoms with Crippen molar-refractivity contribution in [1.29, 1.82) is 5.26 Å². The van der Waals surface area contributed by atoms with E-state index in [-0.39, 0.29) is 0 Å². The van der Waals surface area contributed by atoms with Gasteiger partial charge >= 0.3 is 0 Å². The smallest absolute Gasteiger partial charge is 0.0992 e. The van der Waals surface area contributed by atoms with Gasteiger partial charge in [0.25, 0.3) is 0 Å². The number of benzene rings is 2. The lowest BCUT2D eigenvalue weighted by Crippen LogP contribution is -2.13. The third kappa shape index (κ3) is 2.81. The molecule has 0 saturated heterocycles. The Hall–Kier alpha value is -2.31. The average molecular weight is 266 g/mol. The summed E-state index contributed by atoms with van der Waals surface area (Å²) in [4.78, 5) is 2.00. The summed E-state index contributed by atoms with van der Waals surface area (Å²) in [5.74, 6) is 0. The Morgan fingerprint density at radius 3 is 2.65 bits per heavy atom. The summed E-state index contributed by atoms with van der Waals surface area (Å²) in [5, 5.41) is 19.1. The quantitative estimate of drug-likeness (QED) is 0.916. The van der Waals surface area contributed by atoms with Crippen molar-refractivity contribution >= 4 is 11.4 Å². The van der Waals surface area contributed by atoms with E-state index in [4.69, 9.17) is 5.26 Å². The molecule has 2 aromatic rings. The molecule has 0 aliphatic carbocycles. The van der Waals surface area contributed by atoms with Crippen LogP contribution in [-0.4, -0.2) is 12.2 Å². The predicted octanol–water partition coefficient (Wildman–Crippen LogP) is 3.77. The minimum Gasteiger partial charge on any atom is -0.388 e. The zero-order valence-corrected chi connectivity index (χ0v) is 11.7. The number of para-hydroxylation sites is 1. The molecule has 102 valence electrons. The van der Waals surface area contributed by atoms with E-state index < -0.39 is 6.10 Å². The van der Waals surface area contributed by atoms with E-state index >= 15 is 0 Å². The maximum atomic E-state index is 10.1. The lowest BCUT2D eigenvalue weighted by molar-refractivity contribution is 0.174. The van der Waals surface area contributed by atoms with Gasteiger partial charge in [-0.3, -0.25) is 0 Å². The summed E-state index contributed by atoms with van der Waals surface area (Å²) in [6.07, 6.45) is 0.191. The van der Waals surface area contributed by atoms with Gasteiger partial charge in [-0.1, -0.05) is 31.2 Å². The standard InChI is InChI=1S/C17H18N2O/c1-3-17(20)15-9-4-5-10-16(15)19(2)14-8-6-7-13(11-14)12-18/h4-11,17,20H,3H2,1-2H3/t17-/m0/s1. The summed E-state index contributed by atoms with van der Waals surface area (Å²) >= 11 is 0. The first-order chi connectivity index (χ1) is 9.67. The van der Waals surface area contributed by atoms with E-state index in [1.54, 1.807) is 6.07 Å². The van der Waals surface area contributed by atoms with Gasteiger partial charge in [0.2, 0.25) is 0 Å². The van der Waals surface area contributed by atoms with Crippen molar-refractivity contribution in [3.8, 4) is 6.07 Å². The largest absolute Gasteiger partial charge is 0.388 e. The van der Waals surface area contributed by atoms with Crippen molar-refractivity contribution in [3.05, 3.63) is 59.7 Å². The van der Waals surface area contributed by atoms with Gasteiger partial charge in [-0.05, 0) is 30.7 Å². The second kappa shape index (κ2) is 6.23. The van der Waals surface area contributed by atoms with Crippen LogP contribution >= 0.6 is 0 Å². The van der Waals surface area contributed by atoms with E-state index in [9.17, 15) is 5.11 Å². The Kier molecular flexibility index (Phi) is 4.39. The van der Waals surface area contributed by atoms with Crippen LogP contribution in [0.5, 0.6) is 0 Å². The number of anilines is 2. The lowest BCUT2D eigenvalue weighted by atomic mass is 10.0. The van der Waals surface area contributed by atoms with E-state index in [2.05, 4.69) is 6.07 Å². The molecule has 0 aliphatic heterocycles. The Morgan fingerprint density at radius 1 is 1.20 bits per heavy atom. The minimum atomic E-state index is -0.479. The van der Waals surface area contributed by atoms with Crippen molar-refractivity contribution in [2.24, 2.45) is 0 Å². The molecule has 1 atom stereocenters. The molecule has 3 heteroatoms. The summed E-state index contributed by atoms with van der Waals surface area (Å²) in [5.41, 5.74) is 3.42. The highest BCUT2D eigenvalue weighted by molar-refractivity contribution is 5.67. The topological polar surface area (TPSA) is 47.3 Å². The number of aliphatic hydroxyl groups excluding tert-OH is 1. The molecule has 0 saturated carbocycles. The zero-order valence-electron chi connectivity index (χ0n) is 11.7. The first-order valence-electron chi connectivity index (χ1n) is 6.68. The molecule has 0 spiro atoms. The Balaban J connectivity index is 2.43. The van der Waals surface area contributed by atoms with Gasteiger partial charge in [0.05, 0.1) is 17.7 Å². The van der Waals surface area contributed by atoms with Gasteiger partial charge in [0.15, 0.2) is 0 Å². The Morgan fingerprint density at radius 2 is 1.95 bits per heavy atom. The van der Waals surface area contributed by atoms with Crippen LogP contribution in [0, 0.1) is 11.3 Å². The van der Waals surface area contributed by atoms with E-state index in [1.807, 2.05) is 61.3 Å². The second-order valence-corrected chi connectivity index (χ2v) is 4.70. The minimum absolute atomic E-state index is 0.479. The fourth-order valence-electron chi connectivity index (χ4n) is 2.22. The van der Waals surface area contributed by atoms with Crippen molar-refractivity contribution in [1.82, 2.24) is 0 Å². The molecule has 0 unspecified atom stereocenters. The molecular weight excluding hydrogens is 248 g/mol. The predicted molar refractivity (Wildman–Crippen MR) is 80.9 cm³/mol. The molecular formula is C17H18N2O. The fourth-order valence-corrected chi connectivity index (χ4v) is 2.22. The van der Waals surface area contributed by atoms with Crippen molar-refractivity contribution < 1.29 is 5.11 Å². The van der Waals surface area contributed by atoms with Gasteiger partial charge in [-0.25, -0.2) is 0 Å². The highest BCUT2D eigenvalue weighted by atomic mass is 16.3. The highest BCUT2D eigenvalue weighted by Crippen LogP contribution is 2.32. The molecule has 0 heterocycles. The molecule has 3 nitrogen and oxygen atoms in total. The molecule has 0 aliphatic rings. The molecule has 0 fully saturated rings. The van der Waals surface area contributed by atoms with Crippen LogP contribution in [0.4, 0.5) is 11.4 Å². The van der Waals surface area contributed by atoms with Crippen LogP contribution in [-0.2, 0) is 0 Å². The highest BCUT2D eigenvalue weighted by Gasteiger charge is 2.14. The Bertz CT molecular complexity index is 631. The molecule has 0 radical (unpaired) electrons. The van der Waals surface area contributed by atoms with Crippen LogP contribution < -0.4 is 4.90 Å². The van der Waals surface area contributed by atoms with Crippen LogP contribution in [0.15, 0.2) is 48.5 Å². The summed E-state index contributed by atoms with van der Waals surface area (Å²) in [6.45, 7) is 1.96. The molecule has 2 aromatic carbocycles. The Labute approximate surface area is 119 Å². The molecule has 0 aromatic heterocycles. The van der Waals surface area contributed by atoms with Crippen molar-refractivity contribution in [2.75, 3.05) is 11.9 Å². The number of rotatable bonds is 4. The van der Waals surface area contributed by atoms with Crippen molar-refractivity contribution in [3.63, 3.8) is 0 Å². The van der Waals surface area contributed by atoms with Gasteiger partial charge < -0.3 is 10.0 Å². The SMILES string of the molecule is CC[C@H](O)c1ccccc1N(C)c1cccc(C#N)c1. The van der Waals surface area contributed by atoms with Crippen LogP contribution in [0.1, 0.15) is 30.6 Å². The van der Waals surface area contributed by atoms with Crippen LogP contribution in [0.25, 0.3) is 0 Å². The van der Waals surface area contributed by atoms with Crippen LogP contribution in [0.3, 0.4) is 0 Å². The summed E-state index contributed by atoms with van der Waals surface area (Å²) in [6, 6.07) is 17.4. The second-order valence-electron chi connectivity index (χ2n) is 4.70. The number of nitriles is 1. The zero-order chi connectivity index (χ0) is 14.5. The summed E-state index contributed by atoms with van der Waals surface area (Å²) < 4.78 is 0. The lowest BCUT2D eigenvalue weighted by Gasteiger charge is -2.24. The summed E-state index contributed by atoms with van der Waals surface area (Å²) in [7, 11) is 1.94. The third-order valence-corrected chi connectivity index (χ3v) is 3.41. The maximum Gasteiger partial charge on any atom is 0.0992 e. The van der Waals surface area contributed by atoms with E-state index in [0.29, 0.717) is 12.0 Å². The number of nitrogens with zero attached hydrogens (tertiary/aromatic N) is 2. The number of hydrogen-bond acceptors (Lipinski definition) is 3. The fraction of sp³-hybridized carbons (Fsp3) is 0.235. The van der Waals surface area contributed by atoms with Gasteiger partial charge in [0, 0.05) is 24.0 Å². The average Bonchev–Trinajstić information content (AvgIpc) is 2.53. The van der Waals surface area contributed by atoms with E-state index in [0.717, 1.165) is 16.9 Å². The normalized spacial score (nSPS) is 11.7. The number of aliphatic hydroxyl groups is 1. The van der Waals surface area contributed by atoms with E-state index in [1.165, 1.54) is 0 Å². The maximum absolute atomic E-state index is 10.1. The van der Waals surface area contributed by atoms with Crippen molar-refractivity contribution in [2.45, 2.75) is 19.4 Å². The third-order valence-electron chi connectivity index (χ3n) is 3.41. The van der Waals surface area contributed by atoms with Gasteiger partial charge in [-0.2, -0.15) is 5.26 Å². The first-order valence-corrected chi connectivity index (χ1v) is 6.68. The van der Waals surface area contributed by atoms with Gasteiger partial charge in [0.1, 0.15) is 0 Å². The van der Waals surface area contributed by atoms with Crippen LogP contribution in [0.2, 0.25) is 0 Å².